The predicted octanol–water partition coefficient (Wildman–Crippen LogP) is 3.36. The Balaban J connectivity index is 2.80. The van der Waals surface area contributed by atoms with Crippen molar-refractivity contribution < 1.29 is 0 Å². The Morgan fingerprint density at radius 3 is 1.43 bits per heavy atom. The Kier molecular flexibility index (Phi) is 5.95. The van der Waals surface area contributed by atoms with Crippen LogP contribution in [0.2, 0.25) is 19.5 Å². The van der Waals surface area contributed by atoms with Gasteiger partial charge >= 0.3 is 104 Å². The molecule has 0 nitrogen and oxygen atoms in total. The molecule has 0 bridgehead atoms. The van der Waals surface area contributed by atoms with Crippen molar-refractivity contribution in [3.63, 3.8) is 0 Å². The van der Waals surface area contributed by atoms with Gasteiger partial charge in [0.15, 0.2) is 0 Å². The van der Waals surface area contributed by atoms with Crippen molar-refractivity contribution in [1.29, 1.82) is 0 Å². The summed E-state index contributed by atoms with van der Waals surface area (Å²) in [5.74, 6) is 0. The van der Waals surface area contributed by atoms with Gasteiger partial charge in [-0.05, 0) is 0 Å². The molecular formula is C12H20Sb2. The monoisotopic (exact) mass is 406 g/mol. The van der Waals surface area contributed by atoms with Crippen LogP contribution in [0.3, 0.4) is 0 Å². The van der Waals surface area contributed by atoms with Gasteiger partial charge < -0.3 is 0 Å². The first-order valence-corrected chi connectivity index (χ1v) is 18.8. The van der Waals surface area contributed by atoms with Crippen molar-refractivity contribution >= 4 is 40.4 Å². The van der Waals surface area contributed by atoms with E-state index in [9.17, 15) is 0 Å². The third-order valence-corrected chi connectivity index (χ3v) is 7.65. The fraction of sp³-hybridized carbons (Fsp3) is 0.500. The minimum absolute atomic E-state index is 0.842. The van der Waals surface area contributed by atoms with Crippen LogP contribution in [0, 0.1) is 0 Å². The van der Waals surface area contributed by atoms with Gasteiger partial charge in [0, 0.05) is 0 Å². The fourth-order valence-electron chi connectivity index (χ4n) is 1.55. The number of hydrogen-bond acceptors (Lipinski definition) is 0. The molecule has 14 heavy (non-hydrogen) atoms. The maximum absolute atomic E-state index is 2.48. The molecule has 0 atom stereocenters. The third kappa shape index (κ3) is 4.58. The molecule has 0 aliphatic rings. The summed E-state index contributed by atoms with van der Waals surface area (Å²) in [6.07, 6.45) is 0. The van der Waals surface area contributed by atoms with Crippen molar-refractivity contribution in [2.75, 3.05) is 0 Å². The van der Waals surface area contributed by atoms with Crippen LogP contribution >= 0.6 is 0 Å². The minimum atomic E-state index is -0.842. The number of rotatable bonds is 4. The summed E-state index contributed by atoms with van der Waals surface area (Å²) < 4.78 is 2.85. The van der Waals surface area contributed by atoms with E-state index in [0.717, 1.165) is 0 Å². The van der Waals surface area contributed by atoms with Crippen molar-refractivity contribution in [3.8, 4) is 0 Å². The van der Waals surface area contributed by atoms with E-state index >= 15 is 0 Å². The molecule has 0 aromatic heterocycles. The van der Waals surface area contributed by atoms with E-state index in [1.165, 1.54) is 8.73 Å². The molecule has 0 fully saturated rings. The second kappa shape index (κ2) is 6.44. The average Bonchev–Trinajstić information content (AvgIpc) is 2.06. The Labute approximate surface area is 103 Å². The van der Waals surface area contributed by atoms with E-state index in [0.29, 0.717) is 0 Å². The van der Waals surface area contributed by atoms with Gasteiger partial charge in [-0.2, -0.15) is 0 Å². The molecule has 0 spiro atoms. The Morgan fingerprint density at radius 2 is 1.14 bits per heavy atom. The summed E-state index contributed by atoms with van der Waals surface area (Å²) in [7, 11) is 0. The molecule has 0 heterocycles. The van der Waals surface area contributed by atoms with Crippen LogP contribution < -0.4 is 0 Å². The van der Waals surface area contributed by atoms with Gasteiger partial charge in [0.25, 0.3) is 0 Å². The molecule has 0 N–H and O–H groups in total. The topological polar surface area (TPSA) is 0 Å². The SMILES string of the molecule is [CH3][Sb]([CH3])[CH2]c1ccccc1[CH2][Sb]([CH3])[CH3]. The molecular weight excluding hydrogens is 388 g/mol. The van der Waals surface area contributed by atoms with Crippen LogP contribution in [0.25, 0.3) is 0 Å². The van der Waals surface area contributed by atoms with Gasteiger partial charge in [-0.15, -0.1) is 0 Å². The van der Waals surface area contributed by atoms with Crippen LogP contribution in [0.4, 0.5) is 0 Å². The first-order chi connectivity index (χ1) is 6.59. The van der Waals surface area contributed by atoms with Crippen molar-refractivity contribution in [2.45, 2.75) is 28.2 Å². The Morgan fingerprint density at radius 1 is 0.786 bits per heavy atom. The Bertz CT molecular complexity index is 250. The zero-order chi connectivity index (χ0) is 10.6. The number of benzene rings is 1. The van der Waals surface area contributed by atoms with Crippen LogP contribution in [-0.2, 0) is 8.73 Å². The molecule has 1 aromatic rings. The molecule has 2 heteroatoms. The van der Waals surface area contributed by atoms with E-state index in [-0.39, 0.29) is 0 Å². The van der Waals surface area contributed by atoms with E-state index in [4.69, 9.17) is 0 Å². The molecule has 0 aliphatic carbocycles. The van der Waals surface area contributed by atoms with Crippen molar-refractivity contribution in [2.24, 2.45) is 0 Å². The first-order valence-electron chi connectivity index (χ1n) is 4.96. The van der Waals surface area contributed by atoms with Crippen LogP contribution in [0.1, 0.15) is 11.1 Å². The second-order valence-corrected chi connectivity index (χ2v) is 18.4. The van der Waals surface area contributed by atoms with Gasteiger partial charge in [-0.3, -0.25) is 0 Å². The first kappa shape index (κ1) is 12.9. The zero-order valence-corrected chi connectivity index (χ0v) is 14.7. The van der Waals surface area contributed by atoms with Crippen LogP contribution in [0.5, 0.6) is 0 Å². The zero-order valence-electron chi connectivity index (χ0n) is 9.62. The molecule has 0 saturated heterocycles. The molecule has 0 amide bonds. The van der Waals surface area contributed by atoms with Crippen LogP contribution in [-0.4, -0.2) is 40.4 Å². The van der Waals surface area contributed by atoms with Gasteiger partial charge in [-0.25, -0.2) is 0 Å². The summed E-state index contributed by atoms with van der Waals surface area (Å²) in [6.45, 7) is 0. The summed E-state index contributed by atoms with van der Waals surface area (Å²) >= 11 is -1.68. The standard InChI is InChI=1S/C8H8.4CH3.2Sb/c1-7-5-3-4-6-8(7)2;;;;;;/h3-6H,1-2H2;4*1H3;;. The van der Waals surface area contributed by atoms with Crippen molar-refractivity contribution in [1.82, 2.24) is 0 Å². The molecule has 0 radical (unpaired) electrons. The molecule has 1 aromatic carbocycles. The van der Waals surface area contributed by atoms with Crippen LogP contribution in [0.15, 0.2) is 24.3 Å². The summed E-state index contributed by atoms with van der Waals surface area (Å²) in [6, 6.07) is 9.11. The van der Waals surface area contributed by atoms with E-state index in [1.807, 2.05) is 0 Å². The second-order valence-electron chi connectivity index (χ2n) is 4.24. The molecule has 0 unspecified atom stereocenters. The van der Waals surface area contributed by atoms with E-state index in [2.05, 4.69) is 43.7 Å². The number of hydrogen-bond donors (Lipinski definition) is 0. The molecule has 1 rings (SSSR count). The van der Waals surface area contributed by atoms with Gasteiger partial charge in [0.1, 0.15) is 0 Å². The maximum atomic E-state index is 2.48. The predicted molar refractivity (Wildman–Crippen MR) is 68.8 cm³/mol. The van der Waals surface area contributed by atoms with Gasteiger partial charge in [0.05, 0.1) is 0 Å². The molecule has 0 saturated carbocycles. The third-order valence-electron chi connectivity index (χ3n) is 2.09. The quantitative estimate of drug-likeness (QED) is 0.671. The van der Waals surface area contributed by atoms with E-state index in [1.54, 1.807) is 11.1 Å². The summed E-state index contributed by atoms with van der Waals surface area (Å²) in [4.78, 5) is 9.93. The molecule has 0 aliphatic heterocycles. The molecule has 78 valence electrons. The fourth-order valence-corrected chi connectivity index (χ4v) is 7.20. The summed E-state index contributed by atoms with van der Waals surface area (Å²) in [5.41, 5.74) is 3.33. The summed E-state index contributed by atoms with van der Waals surface area (Å²) in [5, 5.41) is 0. The van der Waals surface area contributed by atoms with Gasteiger partial charge in [-0.1, -0.05) is 0 Å². The van der Waals surface area contributed by atoms with Crippen molar-refractivity contribution in [3.05, 3.63) is 35.4 Å². The average molecular weight is 408 g/mol. The van der Waals surface area contributed by atoms with E-state index < -0.39 is 40.4 Å². The Hall–Kier alpha value is 0.856. The van der Waals surface area contributed by atoms with Gasteiger partial charge in [0.2, 0.25) is 0 Å². The normalized spacial score (nSPS) is 11.3.